The van der Waals surface area contributed by atoms with Gasteiger partial charge >= 0.3 is 0 Å². The average Bonchev–Trinajstić information content (AvgIpc) is 3.09. The Hall–Kier alpha value is -1.81. The SMILES string of the molecule is COc1ccc(Cl)cc1C(=O)N/N=C/C1CC2C=CC1C2. The fourth-order valence-electron chi connectivity index (χ4n) is 3.10. The van der Waals surface area contributed by atoms with Gasteiger partial charge in [-0.15, -0.1) is 0 Å². The van der Waals surface area contributed by atoms with E-state index in [1.807, 2.05) is 6.21 Å². The fraction of sp³-hybridized carbons (Fsp3) is 0.375. The molecule has 21 heavy (non-hydrogen) atoms. The van der Waals surface area contributed by atoms with Gasteiger partial charge < -0.3 is 4.74 Å². The van der Waals surface area contributed by atoms with Crippen LogP contribution >= 0.6 is 11.6 Å². The van der Waals surface area contributed by atoms with E-state index < -0.39 is 0 Å². The summed E-state index contributed by atoms with van der Waals surface area (Å²) in [5.41, 5.74) is 2.94. The molecule has 1 amide bonds. The lowest BCUT2D eigenvalue weighted by Crippen LogP contribution is -2.20. The molecule has 1 aromatic rings. The maximum atomic E-state index is 12.1. The summed E-state index contributed by atoms with van der Waals surface area (Å²) in [5, 5.41) is 4.59. The Morgan fingerprint density at radius 3 is 2.95 bits per heavy atom. The van der Waals surface area contributed by atoms with Crippen molar-refractivity contribution in [3.63, 3.8) is 0 Å². The standard InChI is InChI=1S/C16H17ClN2O2/c1-21-15-5-4-13(17)8-14(15)16(20)19-18-9-12-7-10-2-3-11(12)6-10/h2-5,8-12H,6-7H2,1H3,(H,19,20)/b18-9+. The Balaban J connectivity index is 1.64. The van der Waals surface area contributed by atoms with Gasteiger partial charge in [0.2, 0.25) is 0 Å². The van der Waals surface area contributed by atoms with Gasteiger partial charge in [-0.2, -0.15) is 5.10 Å². The molecule has 4 nitrogen and oxygen atoms in total. The highest BCUT2D eigenvalue weighted by Crippen LogP contribution is 2.42. The second kappa shape index (κ2) is 5.90. The van der Waals surface area contributed by atoms with Crippen LogP contribution in [-0.4, -0.2) is 19.2 Å². The van der Waals surface area contributed by atoms with Gasteiger partial charge in [0.15, 0.2) is 0 Å². The Morgan fingerprint density at radius 2 is 2.29 bits per heavy atom. The lowest BCUT2D eigenvalue weighted by atomic mass is 9.95. The number of benzene rings is 1. The van der Waals surface area contributed by atoms with Gasteiger partial charge in [-0.25, -0.2) is 5.43 Å². The molecule has 3 rings (SSSR count). The van der Waals surface area contributed by atoms with Crippen LogP contribution < -0.4 is 10.2 Å². The number of hydrogen-bond donors (Lipinski definition) is 1. The number of allylic oxidation sites excluding steroid dienone is 2. The van der Waals surface area contributed by atoms with E-state index >= 15 is 0 Å². The molecule has 2 aliphatic carbocycles. The van der Waals surface area contributed by atoms with Crippen molar-refractivity contribution < 1.29 is 9.53 Å². The van der Waals surface area contributed by atoms with Crippen LogP contribution in [0.25, 0.3) is 0 Å². The third kappa shape index (κ3) is 2.95. The number of hydrogen-bond acceptors (Lipinski definition) is 3. The predicted molar refractivity (Wildman–Crippen MR) is 82.8 cm³/mol. The maximum Gasteiger partial charge on any atom is 0.275 e. The fourth-order valence-corrected chi connectivity index (χ4v) is 3.28. The summed E-state index contributed by atoms with van der Waals surface area (Å²) < 4.78 is 5.16. The molecule has 0 radical (unpaired) electrons. The molecule has 3 unspecified atom stereocenters. The number of ether oxygens (including phenoxy) is 1. The highest BCUT2D eigenvalue weighted by molar-refractivity contribution is 6.31. The second-order valence-corrected chi connectivity index (χ2v) is 5.94. The number of methoxy groups -OCH3 is 1. The molecule has 0 aliphatic heterocycles. The largest absolute Gasteiger partial charge is 0.496 e. The summed E-state index contributed by atoms with van der Waals surface area (Å²) in [6, 6.07) is 4.93. The minimum atomic E-state index is -0.315. The molecule has 2 aliphatic rings. The van der Waals surface area contributed by atoms with Crippen LogP contribution in [0.3, 0.4) is 0 Å². The number of carbonyl (C=O) groups is 1. The van der Waals surface area contributed by atoms with Gasteiger partial charge in [0, 0.05) is 17.2 Å². The molecule has 2 bridgehead atoms. The third-order valence-corrected chi connectivity index (χ3v) is 4.40. The number of nitrogens with zero attached hydrogens (tertiary/aromatic N) is 1. The van der Waals surface area contributed by atoms with Gasteiger partial charge in [0.05, 0.1) is 12.7 Å². The van der Waals surface area contributed by atoms with Crippen LogP contribution in [-0.2, 0) is 0 Å². The number of halogens is 1. The molecule has 5 heteroatoms. The summed E-state index contributed by atoms with van der Waals surface area (Å²) >= 11 is 5.92. The van der Waals surface area contributed by atoms with E-state index in [0.29, 0.717) is 34.1 Å². The topological polar surface area (TPSA) is 50.7 Å². The van der Waals surface area contributed by atoms with Crippen LogP contribution in [0.15, 0.2) is 35.5 Å². The molecule has 0 aromatic heterocycles. The zero-order valence-electron chi connectivity index (χ0n) is 11.8. The minimum absolute atomic E-state index is 0.315. The van der Waals surface area contributed by atoms with E-state index in [-0.39, 0.29) is 5.91 Å². The molecule has 1 saturated carbocycles. The highest BCUT2D eigenvalue weighted by atomic mass is 35.5. The molecule has 0 spiro atoms. The summed E-state index contributed by atoms with van der Waals surface area (Å²) in [7, 11) is 1.52. The number of carbonyl (C=O) groups excluding carboxylic acids is 1. The Kier molecular flexibility index (Phi) is 3.97. The molecule has 1 fully saturated rings. The van der Waals surface area contributed by atoms with E-state index in [4.69, 9.17) is 16.3 Å². The van der Waals surface area contributed by atoms with Crippen molar-refractivity contribution in [1.82, 2.24) is 5.43 Å². The molecule has 0 heterocycles. The first-order valence-corrected chi connectivity index (χ1v) is 7.40. The second-order valence-electron chi connectivity index (χ2n) is 5.51. The first-order valence-electron chi connectivity index (χ1n) is 7.02. The van der Waals surface area contributed by atoms with Crippen molar-refractivity contribution in [3.8, 4) is 5.75 Å². The monoisotopic (exact) mass is 304 g/mol. The summed E-state index contributed by atoms with van der Waals surface area (Å²) in [6.45, 7) is 0. The zero-order chi connectivity index (χ0) is 14.8. The van der Waals surface area contributed by atoms with Crippen molar-refractivity contribution in [2.45, 2.75) is 12.8 Å². The van der Waals surface area contributed by atoms with E-state index in [0.717, 1.165) is 6.42 Å². The first kappa shape index (κ1) is 14.1. The van der Waals surface area contributed by atoms with Crippen LogP contribution in [0, 0.1) is 17.8 Å². The number of rotatable bonds is 4. The van der Waals surface area contributed by atoms with E-state index in [9.17, 15) is 4.79 Å². The van der Waals surface area contributed by atoms with Crippen LogP contribution in [0.4, 0.5) is 0 Å². The lowest BCUT2D eigenvalue weighted by molar-refractivity contribution is 0.0952. The minimum Gasteiger partial charge on any atom is -0.496 e. The highest BCUT2D eigenvalue weighted by Gasteiger charge is 2.34. The van der Waals surface area contributed by atoms with Crippen molar-refractivity contribution in [1.29, 1.82) is 0 Å². The summed E-state index contributed by atoms with van der Waals surface area (Å²) in [5.74, 6) is 1.87. The van der Waals surface area contributed by atoms with Crippen molar-refractivity contribution in [2.24, 2.45) is 22.9 Å². The van der Waals surface area contributed by atoms with Gasteiger partial charge in [0.1, 0.15) is 5.75 Å². The van der Waals surface area contributed by atoms with Crippen LogP contribution in [0.1, 0.15) is 23.2 Å². The smallest absolute Gasteiger partial charge is 0.275 e. The van der Waals surface area contributed by atoms with E-state index in [2.05, 4.69) is 22.7 Å². The summed E-state index contributed by atoms with van der Waals surface area (Å²) in [6.07, 6.45) is 8.73. The van der Waals surface area contributed by atoms with Crippen LogP contribution in [0.2, 0.25) is 5.02 Å². The number of fused-ring (bicyclic) bond motifs is 2. The number of hydrazone groups is 1. The Labute approximate surface area is 128 Å². The molecule has 3 atom stereocenters. The van der Waals surface area contributed by atoms with E-state index in [1.54, 1.807) is 18.2 Å². The predicted octanol–water partition coefficient (Wildman–Crippen LogP) is 3.28. The molecular weight excluding hydrogens is 288 g/mol. The van der Waals surface area contributed by atoms with Gasteiger partial charge in [-0.3, -0.25) is 4.79 Å². The number of nitrogens with one attached hydrogen (secondary N) is 1. The molecule has 1 N–H and O–H groups in total. The van der Waals surface area contributed by atoms with Crippen LogP contribution in [0.5, 0.6) is 5.75 Å². The molecule has 110 valence electrons. The molecular formula is C16H17ClN2O2. The van der Waals surface area contributed by atoms with E-state index in [1.165, 1.54) is 13.5 Å². The lowest BCUT2D eigenvalue weighted by Gasteiger charge is -2.12. The zero-order valence-corrected chi connectivity index (χ0v) is 12.5. The van der Waals surface area contributed by atoms with Crippen molar-refractivity contribution in [3.05, 3.63) is 40.9 Å². The van der Waals surface area contributed by atoms with Crippen molar-refractivity contribution >= 4 is 23.7 Å². The van der Waals surface area contributed by atoms with Gasteiger partial charge in [-0.1, -0.05) is 23.8 Å². The molecule has 0 saturated heterocycles. The number of amides is 1. The first-order chi connectivity index (χ1) is 10.2. The van der Waals surface area contributed by atoms with Gasteiger partial charge in [-0.05, 0) is 42.9 Å². The maximum absolute atomic E-state index is 12.1. The Bertz CT molecular complexity index is 612. The van der Waals surface area contributed by atoms with Crippen molar-refractivity contribution in [2.75, 3.05) is 7.11 Å². The Morgan fingerprint density at radius 1 is 1.43 bits per heavy atom. The summed E-state index contributed by atoms with van der Waals surface area (Å²) in [4.78, 5) is 12.1. The average molecular weight is 305 g/mol. The molecule has 1 aromatic carbocycles. The quantitative estimate of drug-likeness (QED) is 0.527. The normalized spacial score (nSPS) is 26.5. The van der Waals surface area contributed by atoms with Gasteiger partial charge in [0.25, 0.3) is 5.91 Å². The third-order valence-electron chi connectivity index (χ3n) is 4.17.